The number of nitrogens with two attached hydrogens (primary N) is 1. The van der Waals surface area contributed by atoms with Crippen molar-refractivity contribution in [1.82, 2.24) is 0 Å². The molecule has 0 fully saturated rings. The van der Waals surface area contributed by atoms with Gasteiger partial charge in [-0.05, 0) is 12.8 Å². The van der Waals surface area contributed by atoms with Crippen LogP contribution in [0.4, 0.5) is 0 Å². The molecule has 7 heteroatoms. The molecule has 22 heavy (non-hydrogen) atoms. The van der Waals surface area contributed by atoms with Gasteiger partial charge in [-0.2, -0.15) is 0 Å². The van der Waals surface area contributed by atoms with E-state index in [1.54, 1.807) is 0 Å². The lowest BCUT2D eigenvalue weighted by Crippen LogP contribution is -2.30. The van der Waals surface area contributed by atoms with Gasteiger partial charge in [0, 0.05) is 12.8 Å². The Balaban J connectivity index is 0. The molecule has 1 atom stereocenters. The molecule has 130 valence electrons. The number of unbranched alkanes of at least 4 members (excludes halogenated alkanes) is 6. The topological polar surface area (TPSA) is 138 Å². The highest BCUT2D eigenvalue weighted by Gasteiger charge is 2.12. The molecule has 0 bridgehead atoms. The van der Waals surface area contributed by atoms with Crippen molar-refractivity contribution in [2.75, 3.05) is 0 Å². The van der Waals surface area contributed by atoms with E-state index < -0.39 is 23.9 Å². The van der Waals surface area contributed by atoms with Crippen molar-refractivity contribution >= 4 is 17.9 Å². The molecule has 0 radical (unpaired) electrons. The lowest BCUT2D eigenvalue weighted by molar-refractivity contribution is -0.140. The first-order valence-electron chi connectivity index (χ1n) is 7.73. The molecule has 0 saturated carbocycles. The first-order chi connectivity index (χ1) is 10.3. The van der Waals surface area contributed by atoms with Crippen LogP contribution in [0.1, 0.15) is 71.1 Å². The van der Waals surface area contributed by atoms with Crippen LogP contribution in [-0.4, -0.2) is 39.3 Å². The average molecular weight is 319 g/mol. The lowest BCUT2D eigenvalue weighted by atomic mass is 10.1. The number of rotatable bonds is 12. The molecule has 0 heterocycles. The molecular weight excluding hydrogens is 290 g/mol. The number of carboxylic acids is 3. The fourth-order valence-electron chi connectivity index (χ4n) is 1.64. The number of aliphatic carboxylic acids is 3. The predicted molar refractivity (Wildman–Crippen MR) is 82.7 cm³/mol. The van der Waals surface area contributed by atoms with Crippen LogP contribution in [0.25, 0.3) is 0 Å². The standard InChI is InChI=1S/C10H20O2.C5H9NO4/c1-2-3-4-5-6-7-8-9-10(11)12;6-3(5(9)10)1-2-4(7)8/h2-9H2,1H3,(H,11,12);3H,1-2,6H2,(H,7,8)(H,9,10). The minimum atomic E-state index is -1.17. The van der Waals surface area contributed by atoms with Crippen LogP contribution in [0.5, 0.6) is 0 Å². The Morgan fingerprint density at radius 3 is 1.68 bits per heavy atom. The molecule has 0 aliphatic carbocycles. The van der Waals surface area contributed by atoms with Gasteiger partial charge in [-0.25, -0.2) is 0 Å². The van der Waals surface area contributed by atoms with Crippen LogP contribution in [0.3, 0.4) is 0 Å². The summed E-state index contributed by atoms with van der Waals surface area (Å²) in [5, 5.41) is 24.6. The molecule has 0 aromatic rings. The highest BCUT2D eigenvalue weighted by molar-refractivity contribution is 5.74. The molecule has 5 N–H and O–H groups in total. The van der Waals surface area contributed by atoms with E-state index in [9.17, 15) is 14.4 Å². The van der Waals surface area contributed by atoms with E-state index in [1.807, 2.05) is 0 Å². The SMILES string of the molecule is CCCCCCCCCC(=O)O.NC(CCC(=O)O)C(=O)O. The maximum Gasteiger partial charge on any atom is 0.320 e. The minimum absolute atomic E-state index is 0.0231. The maximum absolute atomic E-state index is 10.1. The van der Waals surface area contributed by atoms with Crippen molar-refractivity contribution in [3.05, 3.63) is 0 Å². The van der Waals surface area contributed by atoms with E-state index >= 15 is 0 Å². The van der Waals surface area contributed by atoms with Crippen molar-refractivity contribution in [3.63, 3.8) is 0 Å². The van der Waals surface area contributed by atoms with Gasteiger partial charge >= 0.3 is 17.9 Å². The molecule has 0 aliphatic heterocycles. The predicted octanol–water partition coefficient (Wildman–Crippen LogP) is 2.47. The number of hydrogen-bond acceptors (Lipinski definition) is 4. The van der Waals surface area contributed by atoms with E-state index in [1.165, 1.54) is 32.1 Å². The molecule has 0 aromatic heterocycles. The number of hydrogen-bond donors (Lipinski definition) is 4. The molecule has 0 saturated heterocycles. The van der Waals surface area contributed by atoms with Gasteiger partial charge in [-0.15, -0.1) is 0 Å². The summed E-state index contributed by atoms with van der Waals surface area (Å²) >= 11 is 0. The Hall–Kier alpha value is -1.63. The van der Waals surface area contributed by atoms with Gasteiger partial charge in [0.2, 0.25) is 0 Å². The lowest BCUT2D eigenvalue weighted by Gasteiger charge is -2.01. The van der Waals surface area contributed by atoms with Crippen molar-refractivity contribution < 1.29 is 29.7 Å². The summed E-state index contributed by atoms with van der Waals surface area (Å²) in [7, 11) is 0. The fraction of sp³-hybridized carbons (Fsp3) is 0.800. The summed E-state index contributed by atoms with van der Waals surface area (Å²) in [6.07, 6.45) is 8.42. The first-order valence-corrected chi connectivity index (χ1v) is 7.73. The highest BCUT2D eigenvalue weighted by Crippen LogP contribution is 2.07. The van der Waals surface area contributed by atoms with Crippen molar-refractivity contribution in [2.24, 2.45) is 5.73 Å². The zero-order chi connectivity index (χ0) is 17.4. The third kappa shape index (κ3) is 20.7. The van der Waals surface area contributed by atoms with E-state index in [0.29, 0.717) is 6.42 Å². The van der Waals surface area contributed by atoms with E-state index in [0.717, 1.165) is 12.8 Å². The zero-order valence-electron chi connectivity index (χ0n) is 13.3. The molecule has 0 amide bonds. The van der Waals surface area contributed by atoms with E-state index in [4.69, 9.17) is 21.1 Å². The molecule has 0 rings (SSSR count). The molecule has 7 nitrogen and oxygen atoms in total. The Morgan fingerprint density at radius 2 is 1.27 bits per heavy atom. The van der Waals surface area contributed by atoms with Gasteiger partial charge in [-0.3, -0.25) is 14.4 Å². The van der Waals surface area contributed by atoms with Gasteiger partial charge in [0.1, 0.15) is 6.04 Å². The van der Waals surface area contributed by atoms with E-state index in [-0.39, 0.29) is 12.8 Å². The van der Waals surface area contributed by atoms with Crippen LogP contribution in [-0.2, 0) is 14.4 Å². The van der Waals surface area contributed by atoms with Crippen LogP contribution in [0.2, 0.25) is 0 Å². The first kappa shape index (κ1) is 22.6. The van der Waals surface area contributed by atoms with Crippen LogP contribution >= 0.6 is 0 Å². The number of carboxylic acid groups (broad SMARTS) is 3. The van der Waals surface area contributed by atoms with Gasteiger partial charge in [0.25, 0.3) is 0 Å². The summed E-state index contributed by atoms with van der Waals surface area (Å²) < 4.78 is 0. The largest absolute Gasteiger partial charge is 0.481 e. The molecule has 1 unspecified atom stereocenters. The fourth-order valence-corrected chi connectivity index (χ4v) is 1.64. The smallest absolute Gasteiger partial charge is 0.320 e. The van der Waals surface area contributed by atoms with Crippen LogP contribution < -0.4 is 5.73 Å². The quantitative estimate of drug-likeness (QED) is 0.405. The van der Waals surface area contributed by atoms with Crippen molar-refractivity contribution in [2.45, 2.75) is 77.2 Å². The van der Waals surface area contributed by atoms with Crippen molar-refractivity contribution in [1.29, 1.82) is 0 Å². The van der Waals surface area contributed by atoms with Crippen LogP contribution in [0, 0.1) is 0 Å². The Bertz CT molecular complexity index is 319. The maximum atomic E-state index is 10.1. The highest BCUT2D eigenvalue weighted by atomic mass is 16.4. The summed E-state index contributed by atoms with van der Waals surface area (Å²) in [5.74, 6) is -2.86. The third-order valence-electron chi connectivity index (χ3n) is 2.98. The monoisotopic (exact) mass is 319 g/mol. The summed E-state index contributed by atoms with van der Waals surface area (Å²) in [5.41, 5.74) is 5.00. The van der Waals surface area contributed by atoms with Gasteiger partial charge in [-0.1, -0.05) is 45.4 Å². The van der Waals surface area contributed by atoms with E-state index in [2.05, 4.69) is 6.92 Å². The summed E-state index contributed by atoms with van der Waals surface area (Å²) in [6.45, 7) is 2.20. The summed E-state index contributed by atoms with van der Waals surface area (Å²) in [4.78, 5) is 30.0. The molecule has 0 spiro atoms. The normalized spacial score (nSPS) is 11.2. The second-order valence-corrected chi connectivity index (χ2v) is 5.14. The average Bonchev–Trinajstić information content (AvgIpc) is 2.44. The zero-order valence-corrected chi connectivity index (χ0v) is 13.3. The van der Waals surface area contributed by atoms with Crippen LogP contribution in [0.15, 0.2) is 0 Å². The van der Waals surface area contributed by atoms with Crippen molar-refractivity contribution in [3.8, 4) is 0 Å². The van der Waals surface area contributed by atoms with Gasteiger partial charge in [0.15, 0.2) is 0 Å². The molecule has 0 aliphatic rings. The summed E-state index contributed by atoms with van der Waals surface area (Å²) in [6, 6.07) is -1.06. The minimum Gasteiger partial charge on any atom is -0.481 e. The second kappa shape index (κ2) is 15.8. The number of carbonyl (C=O) groups is 3. The van der Waals surface area contributed by atoms with Gasteiger partial charge < -0.3 is 21.1 Å². The molecular formula is C15H29NO6. The Kier molecular flexibility index (Phi) is 16.2. The van der Waals surface area contributed by atoms with Gasteiger partial charge in [0.05, 0.1) is 0 Å². The Labute approximate surface area is 131 Å². The second-order valence-electron chi connectivity index (χ2n) is 5.14. The molecule has 0 aromatic carbocycles. The Morgan fingerprint density at radius 1 is 0.818 bits per heavy atom. The third-order valence-corrected chi connectivity index (χ3v) is 2.98.